The van der Waals surface area contributed by atoms with Crippen LogP contribution < -0.4 is 5.46 Å². The molecule has 0 saturated carbocycles. The number of nitriles is 1. The molecule has 5 nitrogen and oxygen atoms in total. The van der Waals surface area contributed by atoms with Gasteiger partial charge < -0.3 is 14.3 Å². The van der Waals surface area contributed by atoms with E-state index in [4.69, 9.17) is 9.31 Å². The van der Waals surface area contributed by atoms with Gasteiger partial charge in [-0.15, -0.1) is 0 Å². The predicted molar refractivity (Wildman–Crippen MR) is 84.5 cm³/mol. The Balaban J connectivity index is 2.01. The molecule has 0 spiro atoms. The number of nitrogens with one attached hydrogen (secondary N) is 1. The Bertz CT molecular complexity index is 716. The lowest BCUT2D eigenvalue weighted by atomic mass is 9.77. The van der Waals surface area contributed by atoms with Crippen molar-refractivity contribution >= 4 is 12.6 Å². The Kier molecular flexibility index (Phi) is 3.35. The molecule has 1 N–H and O–H groups in total. The maximum absolute atomic E-state index is 9.29. The smallest absolute Gasteiger partial charge is 0.399 e. The second kappa shape index (κ2) is 4.97. The highest BCUT2D eigenvalue weighted by Crippen LogP contribution is 2.36. The first-order valence-electron chi connectivity index (χ1n) is 7.23. The minimum absolute atomic E-state index is 0.392. The van der Waals surface area contributed by atoms with Crippen molar-refractivity contribution in [1.82, 2.24) is 9.97 Å². The monoisotopic (exact) mass is 295 g/mol. The molecule has 3 rings (SSSR count). The van der Waals surface area contributed by atoms with Gasteiger partial charge in [-0.3, -0.25) is 0 Å². The summed E-state index contributed by atoms with van der Waals surface area (Å²) in [6, 6.07) is 7.74. The van der Waals surface area contributed by atoms with Gasteiger partial charge in [-0.05, 0) is 39.2 Å². The van der Waals surface area contributed by atoms with E-state index < -0.39 is 18.3 Å². The molecule has 0 amide bonds. The van der Waals surface area contributed by atoms with E-state index in [1.165, 1.54) is 0 Å². The lowest BCUT2D eigenvalue weighted by Crippen LogP contribution is -2.41. The zero-order valence-corrected chi connectivity index (χ0v) is 13.2. The number of hydrogen-bond donors (Lipinski definition) is 1. The van der Waals surface area contributed by atoms with Crippen LogP contribution in [0, 0.1) is 11.3 Å². The van der Waals surface area contributed by atoms with Gasteiger partial charge >= 0.3 is 7.12 Å². The van der Waals surface area contributed by atoms with Crippen LogP contribution in [0.25, 0.3) is 11.4 Å². The van der Waals surface area contributed by atoms with Crippen molar-refractivity contribution in [2.45, 2.75) is 38.9 Å². The van der Waals surface area contributed by atoms with Gasteiger partial charge in [-0.2, -0.15) is 5.26 Å². The molecule has 2 aromatic rings. The molecule has 1 saturated heterocycles. The first-order chi connectivity index (χ1) is 10.3. The molecule has 22 heavy (non-hydrogen) atoms. The minimum Gasteiger partial charge on any atom is -0.399 e. The fraction of sp³-hybridized carbons (Fsp3) is 0.375. The molecule has 0 radical (unpaired) electrons. The summed E-state index contributed by atoms with van der Waals surface area (Å²) in [5, 5.41) is 9.29. The number of H-pyrrole nitrogens is 1. The second-order valence-corrected chi connectivity index (χ2v) is 6.44. The van der Waals surface area contributed by atoms with Gasteiger partial charge in [0.1, 0.15) is 5.82 Å². The summed E-state index contributed by atoms with van der Waals surface area (Å²) < 4.78 is 12.1. The van der Waals surface area contributed by atoms with Crippen LogP contribution in [0.3, 0.4) is 0 Å². The summed E-state index contributed by atoms with van der Waals surface area (Å²) in [7, 11) is -0.452. The number of nitrogens with zero attached hydrogens (tertiary/aromatic N) is 2. The first kappa shape index (κ1) is 14.8. The van der Waals surface area contributed by atoms with Crippen LogP contribution in [0.15, 0.2) is 30.6 Å². The molecule has 0 atom stereocenters. The normalized spacial score (nSPS) is 19.1. The molecule has 1 aliphatic rings. The van der Waals surface area contributed by atoms with Crippen LogP contribution >= 0.6 is 0 Å². The van der Waals surface area contributed by atoms with Crippen molar-refractivity contribution in [2.75, 3.05) is 0 Å². The van der Waals surface area contributed by atoms with E-state index in [9.17, 15) is 5.26 Å². The highest BCUT2D eigenvalue weighted by molar-refractivity contribution is 6.62. The van der Waals surface area contributed by atoms with E-state index in [1.54, 1.807) is 18.5 Å². The van der Waals surface area contributed by atoms with Crippen molar-refractivity contribution in [3.63, 3.8) is 0 Å². The Morgan fingerprint density at radius 1 is 1.18 bits per heavy atom. The van der Waals surface area contributed by atoms with Crippen molar-refractivity contribution in [1.29, 1.82) is 5.26 Å². The summed E-state index contributed by atoms with van der Waals surface area (Å²) in [6.07, 6.45) is 3.40. The third-order valence-electron chi connectivity index (χ3n) is 4.44. The molecule has 0 aliphatic carbocycles. The van der Waals surface area contributed by atoms with Gasteiger partial charge in [0.2, 0.25) is 0 Å². The number of benzene rings is 1. The molecule has 2 heterocycles. The predicted octanol–water partition coefficient (Wildman–Crippen LogP) is 2.25. The summed E-state index contributed by atoms with van der Waals surface area (Å²) in [5.41, 5.74) is 1.41. The third kappa shape index (κ3) is 2.33. The van der Waals surface area contributed by atoms with E-state index in [2.05, 4.69) is 16.0 Å². The largest absolute Gasteiger partial charge is 0.494 e. The SMILES string of the molecule is CC1(C)OB(c2ccc(C#N)c(-c3ncc[nH]3)c2)OC1(C)C. The van der Waals surface area contributed by atoms with E-state index >= 15 is 0 Å². The van der Waals surface area contributed by atoms with Gasteiger partial charge in [0.15, 0.2) is 0 Å². The van der Waals surface area contributed by atoms with Gasteiger partial charge in [0, 0.05) is 18.0 Å². The molecular weight excluding hydrogens is 277 g/mol. The fourth-order valence-corrected chi connectivity index (χ4v) is 2.39. The minimum atomic E-state index is -0.452. The molecule has 112 valence electrons. The quantitative estimate of drug-likeness (QED) is 0.863. The number of rotatable bonds is 2. The maximum atomic E-state index is 9.29. The first-order valence-corrected chi connectivity index (χ1v) is 7.23. The Morgan fingerprint density at radius 2 is 1.86 bits per heavy atom. The van der Waals surface area contributed by atoms with Gasteiger partial charge in [-0.1, -0.05) is 12.1 Å². The number of hydrogen-bond acceptors (Lipinski definition) is 4. The Hall–Kier alpha value is -2.10. The summed E-state index contributed by atoms with van der Waals surface area (Å²) >= 11 is 0. The lowest BCUT2D eigenvalue weighted by Gasteiger charge is -2.32. The van der Waals surface area contributed by atoms with Gasteiger partial charge in [-0.25, -0.2) is 4.98 Å². The molecule has 1 aromatic heterocycles. The highest BCUT2D eigenvalue weighted by Gasteiger charge is 2.51. The van der Waals surface area contributed by atoms with Crippen LogP contribution in [-0.2, 0) is 9.31 Å². The van der Waals surface area contributed by atoms with Crippen molar-refractivity contribution in [3.05, 3.63) is 36.2 Å². The van der Waals surface area contributed by atoms with Crippen molar-refractivity contribution in [3.8, 4) is 17.5 Å². The summed E-state index contributed by atoms with van der Waals surface area (Å²) in [5.74, 6) is 0.662. The van der Waals surface area contributed by atoms with Crippen LogP contribution in [0.2, 0.25) is 0 Å². The molecule has 0 bridgehead atoms. The summed E-state index contributed by atoms with van der Waals surface area (Å²) in [6.45, 7) is 8.07. The second-order valence-electron chi connectivity index (χ2n) is 6.44. The number of aromatic nitrogens is 2. The summed E-state index contributed by atoms with van der Waals surface area (Å²) in [4.78, 5) is 7.27. The molecule has 1 aliphatic heterocycles. The van der Waals surface area contributed by atoms with Gasteiger partial charge in [0.25, 0.3) is 0 Å². The Morgan fingerprint density at radius 3 is 2.41 bits per heavy atom. The lowest BCUT2D eigenvalue weighted by molar-refractivity contribution is 0.00578. The molecule has 6 heteroatoms. The van der Waals surface area contributed by atoms with E-state index in [-0.39, 0.29) is 0 Å². The standard InChI is InChI=1S/C16H18BN3O2/c1-15(2)16(3,4)22-17(21-15)12-6-5-11(10-18)13(9-12)14-19-7-8-20-14/h5-9H,1-4H3,(H,19,20). The molecular formula is C16H18BN3O2. The van der Waals surface area contributed by atoms with E-state index in [0.717, 1.165) is 11.0 Å². The average molecular weight is 295 g/mol. The topological polar surface area (TPSA) is 70.9 Å². The molecule has 1 fully saturated rings. The fourth-order valence-electron chi connectivity index (χ4n) is 2.39. The van der Waals surface area contributed by atoms with Gasteiger partial charge in [0.05, 0.1) is 22.8 Å². The number of imidazole rings is 1. The van der Waals surface area contributed by atoms with Crippen LogP contribution in [0.5, 0.6) is 0 Å². The highest BCUT2D eigenvalue weighted by atomic mass is 16.7. The van der Waals surface area contributed by atoms with Crippen molar-refractivity contribution < 1.29 is 9.31 Å². The Labute approximate surface area is 130 Å². The zero-order valence-electron chi connectivity index (χ0n) is 13.2. The third-order valence-corrected chi connectivity index (χ3v) is 4.44. The van der Waals surface area contributed by atoms with E-state index in [0.29, 0.717) is 11.4 Å². The molecule has 1 aromatic carbocycles. The number of aromatic amines is 1. The van der Waals surface area contributed by atoms with Crippen LogP contribution in [0.4, 0.5) is 0 Å². The average Bonchev–Trinajstić information content (AvgIpc) is 3.05. The maximum Gasteiger partial charge on any atom is 0.494 e. The van der Waals surface area contributed by atoms with E-state index in [1.807, 2.05) is 39.8 Å². The molecule has 0 unspecified atom stereocenters. The van der Waals surface area contributed by atoms with Crippen LogP contribution in [0.1, 0.15) is 33.3 Å². The van der Waals surface area contributed by atoms with Crippen molar-refractivity contribution in [2.24, 2.45) is 0 Å². The van der Waals surface area contributed by atoms with Crippen LogP contribution in [-0.4, -0.2) is 28.3 Å². The zero-order chi connectivity index (χ0) is 16.0.